The molecule has 0 atom stereocenters. The number of nitrogens with zero attached hydrogens (tertiary/aromatic N) is 1. The van der Waals surface area contributed by atoms with E-state index < -0.39 is 5.97 Å². The molecule has 2 N–H and O–H groups in total. The van der Waals surface area contributed by atoms with Gasteiger partial charge in [0.05, 0.1) is 6.10 Å². The predicted octanol–water partition coefficient (Wildman–Crippen LogP) is 1.39. The molecule has 1 aromatic heterocycles. The largest absolute Gasteiger partial charge is 0.476 e. The highest BCUT2D eigenvalue weighted by Crippen LogP contribution is 2.32. The highest BCUT2D eigenvalue weighted by molar-refractivity contribution is 5.84. The molecule has 1 heterocycles. The first-order chi connectivity index (χ1) is 7.16. The highest BCUT2D eigenvalue weighted by Gasteiger charge is 2.25. The van der Waals surface area contributed by atoms with Crippen LogP contribution in [0.2, 0.25) is 0 Å². The summed E-state index contributed by atoms with van der Waals surface area (Å²) < 4.78 is 5.13. The molecule has 0 aliphatic heterocycles. The summed E-state index contributed by atoms with van der Waals surface area (Å²) in [7, 11) is 0. The lowest BCUT2D eigenvalue weighted by Gasteiger charge is -2.22. The van der Waals surface area contributed by atoms with Gasteiger partial charge in [-0.1, -0.05) is 0 Å². The zero-order chi connectivity index (χ0) is 10.8. The maximum absolute atomic E-state index is 10.6. The maximum Gasteiger partial charge on any atom is 0.357 e. The van der Waals surface area contributed by atoms with Gasteiger partial charge in [0, 0.05) is 5.92 Å². The van der Waals surface area contributed by atoms with E-state index in [-0.39, 0.29) is 17.7 Å². The SMILES string of the molecule is O=C(O)c1coc([C@H]2CC[C@H](O)CC2)n1. The number of aliphatic hydroxyl groups excluding tert-OH is 1. The highest BCUT2D eigenvalue weighted by atomic mass is 16.4. The number of carboxylic acids is 1. The normalized spacial score (nSPS) is 26.5. The Morgan fingerprint density at radius 2 is 2.07 bits per heavy atom. The van der Waals surface area contributed by atoms with Gasteiger partial charge in [0.15, 0.2) is 11.6 Å². The van der Waals surface area contributed by atoms with Gasteiger partial charge in [0.2, 0.25) is 0 Å². The van der Waals surface area contributed by atoms with E-state index in [9.17, 15) is 9.90 Å². The minimum Gasteiger partial charge on any atom is -0.476 e. The van der Waals surface area contributed by atoms with Gasteiger partial charge in [-0.3, -0.25) is 0 Å². The van der Waals surface area contributed by atoms with Crippen molar-refractivity contribution >= 4 is 5.97 Å². The molecule has 0 saturated heterocycles. The van der Waals surface area contributed by atoms with Crippen LogP contribution < -0.4 is 0 Å². The third-order valence-corrected chi connectivity index (χ3v) is 2.79. The van der Waals surface area contributed by atoms with Crippen molar-refractivity contribution in [3.05, 3.63) is 17.8 Å². The van der Waals surface area contributed by atoms with Gasteiger partial charge < -0.3 is 14.6 Å². The molecule has 0 aromatic carbocycles. The van der Waals surface area contributed by atoms with Gasteiger partial charge in [-0.05, 0) is 25.7 Å². The average molecular weight is 211 g/mol. The van der Waals surface area contributed by atoms with Crippen LogP contribution in [0.15, 0.2) is 10.7 Å². The third-order valence-electron chi connectivity index (χ3n) is 2.79. The molecular weight excluding hydrogens is 198 g/mol. The number of oxazole rings is 1. The first kappa shape index (κ1) is 10.2. The lowest BCUT2D eigenvalue weighted by Crippen LogP contribution is -2.17. The molecule has 0 spiro atoms. The smallest absolute Gasteiger partial charge is 0.357 e. The first-order valence-corrected chi connectivity index (χ1v) is 5.03. The molecule has 1 aliphatic carbocycles. The molecule has 1 saturated carbocycles. The zero-order valence-corrected chi connectivity index (χ0v) is 8.22. The quantitative estimate of drug-likeness (QED) is 0.772. The first-order valence-electron chi connectivity index (χ1n) is 5.03. The van der Waals surface area contributed by atoms with Crippen LogP contribution in [0.3, 0.4) is 0 Å². The number of carbonyl (C=O) groups is 1. The van der Waals surface area contributed by atoms with Crippen molar-refractivity contribution in [2.45, 2.75) is 37.7 Å². The fourth-order valence-electron chi connectivity index (χ4n) is 1.90. The molecule has 1 fully saturated rings. The monoisotopic (exact) mass is 211 g/mol. The second-order valence-electron chi connectivity index (χ2n) is 3.88. The maximum atomic E-state index is 10.6. The standard InChI is InChI=1S/C10H13NO4/c12-7-3-1-6(2-4-7)9-11-8(5-15-9)10(13)14/h5-7,12H,1-4H2,(H,13,14)/t6-,7-. The van der Waals surface area contributed by atoms with Gasteiger partial charge in [-0.2, -0.15) is 0 Å². The van der Waals surface area contributed by atoms with Crippen molar-refractivity contribution < 1.29 is 19.4 Å². The second-order valence-corrected chi connectivity index (χ2v) is 3.88. The van der Waals surface area contributed by atoms with E-state index in [4.69, 9.17) is 9.52 Å². The van der Waals surface area contributed by atoms with Gasteiger partial charge in [0.25, 0.3) is 0 Å². The molecule has 0 amide bonds. The van der Waals surface area contributed by atoms with Crippen LogP contribution in [0.4, 0.5) is 0 Å². The van der Waals surface area contributed by atoms with E-state index in [0.29, 0.717) is 5.89 Å². The minimum absolute atomic E-state index is 0.0453. The average Bonchev–Trinajstić information content (AvgIpc) is 2.68. The molecule has 0 bridgehead atoms. The van der Waals surface area contributed by atoms with E-state index in [1.54, 1.807) is 0 Å². The Balaban J connectivity index is 2.06. The molecule has 5 heteroatoms. The summed E-state index contributed by atoms with van der Waals surface area (Å²) in [6, 6.07) is 0. The Bertz CT molecular complexity index is 352. The molecule has 0 unspecified atom stereocenters. The molecule has 1 aliphatic rings. The van der Waals surface area contributed by atoms with Crippen LogP contribution in [0.25, 0.3) is 0 Å². The summed E-state index contributed by atoms with van der Waals surface area (Å²) in [6.07, 6.45) is 4.02. The Morgan fingerprint density at radius 1 is 1.40 bits per heavy atom. The van der Waals surface area contributed by atoms with Crippen molar-refractivity contribution in [2.75, 3.05) is 0 Å². The zero-order valence-electron chi connectivity index (χ0n) is 8.22. The van der Waals surface area contributed by atoms with E-state index in [2.05, 4.69) is 4.98 Å². The summed E-state index contributed by atoms with van der Waals surface area (Å²) in [5.74, 6) is -0.429. The van der Waals surface area contributed by atoms with Crippen LogP contribution in [0.5, 0.6) is 0 Å². The molecule has 1 aromatic rings. The minimum atomic E-state index is -1.07. The van der Waals surface area contributed by atoms with Crippen LogP contribution in [-0.2, 0) is 0 Å². The van der Waals surface area contributed by atoms with E-state index in [1.807, 2.05) is 0 Å². The van der Waals surface area contributed by atoms with Crippen molar-refractivity contribution in [1.29, 1.82) is 0 Å². The molecule has 15 heavy (non-hydrogen) atoms. The Morgan fingerprint density at radius 3 is 2.60 bits per heavy atom. The Labute approximate surface area is 86.7 Å². The summed E-state index contributed by atoms with van der Waals surface area (Å²) in [6.45, 7) is 0. The number of hydrogen-bond acceptors (Lipinski definition) is 4. The number of rotatable bonds is 2. The number of aromatic carboxylic acids is 1. The Hall–Kier alpha value is -1.36. The van der Waals surface area contributed by atoms with E-state index >= 15 is 0 Å². The van der Waals surface area contributed by atoms with Crippen molar-refractivity contribution in [1.82, 2.24) is 4.98 Å². The predicted molar refractivity (Wildman–Crippen MR) is 50.7 cm³/mol. The van der Waals surface area contributed by atoms with Gasteiger partial charge >= 0.3 is 5.97 Å². The summed E-state index contributed by atoms with van der Waals surface area (Å²) in [5.41, 5.74) is -0.0453. The summed E-state index contributed by atoms with van der Waals surface area (Å²) >= 11 is 0. The molecule has 5 nitrogen and oxygen atoms in total. The fraction of sp³-hybridized carbons (Fsp3) is 0.600. The summed E-state index contributed by atoms with van der Waals surface area (Å²) in [4.78, 5) is 14.5. The summed E-state index contributed by atoms with van der Waals surface area (Å²) in [5, 5.41) is 18.0. The lowest BCUT2D eigenvalue weighted by atomic mass is 9.87. The van der Waals surface area contributed by atoms with E-state index in [1.165, 1.54) is 6.26 Å². The Kier molecular flexibility index (Phi) is 2.73. The fourth-order valence-corrected chi connectivity index (χ4v) is 1.90. The van der Waals surface area contributed by atoms with Gasteiger partial charge in [-0.15, -0.1) is 0 Å². The lowest BCUT2D eigenvalue weighted by molar-refractivity contribution is 0.0690. The molecular formula is C10H13NO4. The van der Waals surface area contributed by atoms with Crippen LogP contribution in [-0.4, -0.2) is 27.3 Å². The van der Waals surface area contributed by atoms with E-state index in [0.717, 1.165) is 25.7 Å². The molecule has 2 rings (SSSR count). The topological polar surface area (TPSA) is 83.6 Å². The van der Waals surface area contributed by atoms with Crippen LogP contribution >= 0.6 is 0 Å². The number of aromatic nitrogens is 1. The third kappa shape index (κ3) is 2.18. The number of carboxylic acid groups (broad SMARTS) is 1. The van der Waals surface area contributed by atoms with Crippen LogP contribution in [0, 0.1) is 0 Å². The van der Waals surface area contributed by atoms with Gasteiger partial charge in [-0.25, -0.2) is 9.78 Å². The molecule has 82 valence electrons. The van der Waals surface area contributed by atoms with Crippen LogP contribution in [0.1, 0.15) is 48.0 Å². The van der Waals surface area contributed by atoms with Gasteiger partial charge in [0.1, 0.15) is 6.26 Å². The number of aliphatic hydroxyl groups is 1. The van der Waals surface area contributed by atoms with Crippen molar-refractivity contribution in [3.63, 3.8) is 0 Å². The second kappa shape index (κ2) is 4.02. The van der Waals surface area contributed by atoms with Crippen molar-refractivity contribution in [3.8, 4) is 0 Å². The molecule has 0 radical (unpaired) electrons. The van der Waals surface area contributed by atoms with Crippen molar-refractivity contribution in [2.24, 2.45) is 0 Å². The number of hydrogen-bond donors (Lipinski definition) is 2.